The molecule has 1 aromatic carbocycles. The predicted octanol–water partition coefficient (Wildman–Crippen LogP) is 0.830. The van der Waals surface area contributed by atoms with Crippen molar-refractivity contribution < 1.29 is 9.90 Å². The van der Waals surface area contributed by atoms with Gasteiger partial charge in [-0.25, -0.2) is 4.68 Å². The summed E-state index contributed by atoms with van der Waals surface area (Å²) in [4.78, 5) is 14.6. The van der Waals surface area contributed by atoms with Gasteiger partial charge in [0.1, 0.15) is 12.1 Å². The summed E-state index contributed by atoms with van der Waals surface area (Å²) in [5.41, 5.74) is 0.854. The highest BCUT2D eigenvalue weighted by molar-refractivity contribution is 5.97. The molecule has 1 aromatic heterocycles. The molecule has 2 aromatic rings. The van der Waals surface area contributed by atoms with Gasteiger partial charge in [0, 0.05) is 19.2 Å². The number of benzene rings is 1. The SMILES string of the molecule is CN1CCC[C@@H](CCNC(=O)c2ccc(-n3cnnn3)cc2O)C1. The summed E-state index contributed by atoms with van der Waals surface area (Å²) in [6.45, 7) is 2.86. The van der Waals surface area contributed by atoms with Crippen LogP contribution in [0.4, 0.5) is 0 Å². The first kappa shape index (κ1) is 16.4. The fourth-order valence-electron chi connectivity index (χ4n) is 3.13. The molecule has 0 unspecified atom stereocenters. The van der Waals surface area contributed by atoms with Gasteiger partial charge in [-0.3, -0.25) is 4.79 Å². The van der Waals surface area contributed by atoms with Crippen molar-refractivity contribution in [2.45, 2.75) is 19.3 Å². The second-order valence-electron chi connectivity index (χ2n) is 6.27. The number of aromatic nitrogens is 4. The molecule has 0 spiro atoms. The van der Waals surface area contributed by atoms with Crippen LogP contribution in [0, 0.1) is 5.92 Å². The summed E-state index contributed by atoms with van der Waals surface area (Å²) < 4.78 is 1.42. The highest BCUT2D eigenvalue weighted by Gasteiger charge is 2.18. The molecule has 0 aliphatic carbocycles. The van der Waals surface area contributed by atoms with Crippen LogP contribution in [0.1, 0.15) is 29.6 Å². The zero-order valence-electron chi connectivity index (χ0n) is 13.7. The summed E-state index contributed by atoms with van der Waals surface area (Å²) in [6, 6.07) is 4.75. The number of amides is 1. The van der Waals surface area contributed by atoms with E-state index in [2.05, 4.69) is 32.8 Å². The monoisotopic (exact) mass is 330 g/mol. The minimum atomic E-state index is -0.264. The Kier molecular flexibility index (Phi) is 5.05. The van der Waals surface area contributed by atoms with Crippen LogP contribution in [-0.4, -0.2) is 62.8 Å². The number of nitrogens with one attached hydrogen (secondary N) is 1. The number of rotatable bonds is 5. The lowest BCUT2D eigenvalue weighted by Crippen LogP contribution is -2.34. The van der Waals surface area contributed by atoms with Crippen LogP contribution < -0.4 is 5.32 Å². The number of carbonyl (C=O) groups excluding carboxylic acids is 1. The van der Waals surface area contributed by atoms with Crippen molar-refractivity contribution >= 4 is 5.91 Å². The lowest BCUT2D eigenvalue weighted by atomic mass is 9.95. The van der Waals surface area contributed by atoms with Gasteiger partial charge in [0.2, 0.25) is 0 Å². The van der Waals surface area contributed by atoms with Crippen LogP contribution in [0.3, 0.4) is 0 Å². The second kappa shape index (κ2) is 7.39. The first-order valence-electron chi connectivity index (χ1n) is 8.16. The number of phenols is 1. The van der Waals surface area contributed by atoms with E-state index in [0.29, 0.717) is 18.2 Å². The number of hydrogen-bond donors (Lipinski definition) is 2. The van der Waals surface area contributed by atoms with Crippen LogP contribution in [0.15, 0.2) is 24.5 Å². The van der Waals surface area contributed by atoms with Gasteiger partial charge >= 0.3 is 0 Å². The standard InChI is InChI=1S/C16H22N6O2/c1-21-8-2-3-12(10-21)6-7-17-16(24)14-5-4-13(9-15(14)23)22-11-18-19-20-22/h4-5,9,11-12,23H,2-3,6-8,10H2,1H3,(H,17,24)/t12-/m0/s1. The predicted molar refractivity (Wildman–Crippen MR) is 88.0 cm³/mol. The average molecular weight is 330 g/mol. The minimum absolute atomic E-state index is 0.0853. The number of phenolic OH excluding ortho intramolecular Hbond substituents is 1. The van der Waals surface area contributed by atoms with Crippen molar-refractivity contribution in [3.8, 4) is 11.4 Å². The van der Waals surface area contributed by atoms with Gasteiger partial charge in [0.15, 0.2) is 0 Å². The highest BCUT2D eigenvalue weighted by atomic mass is 16.3. The summed E-state index contributed by atoms with van der Waals surface area (Å²) in [7, 11) is 2.13. The number of hydrogen-bond acceptors (Lipinski definition) is 6. The number of carbonyl (C=O) groups is 1. The van der Waals surface area contributed by atoms with Crippen molar-refractivity contribution in [1.82, 2.24) is 30.4 Å². The molecule has 2 heterocycles. The van der Waals surface area contributed by atoms with E-state index in [-0.39, 0.29) is 17.2 Å². The Hall–Kier alpha value is -2.48. The Morgan fingerprint density at radius 1 is 1.46 bits per heavy atom. The first-order valence-corrected chi connectivity index (χ1v) is 8.16. The van der Waals surface area contributed by atoms with Crippen LogP contribution in [0.5, 0.6) is 5.75 Å². The van der Waals surface area contributed by atoms with E-state index in [1.54, 1.807) is 12.1 Å². The molecule has 1 amide bonds. The maximum atomic E-state index is 12.2. The molecule has 0 bridgehead atoms. The molecule has 1 aliphatic rings. The third-order valence-electron chi connectivity index (χ3n) is 4.40. The lowest BCUT2D eigenvalue weighted by molar-refractivity contribution is 0.0945. The zero-order valence-corrected chi connectivity index (χ0v) is 13.7. The Balaban J connectivity index is 1.55. The summed E-state index contributed by atoms with van der Waals surface area (Å²) in [5.74, 6) is 0.276. The van der Waals surface area contributed by atoms with Crippen LogP contribution >= 0.6 is 0 Å². The van der Waals surface area contributed by atoms with Gasteiger partial charge in [-0.05, 0) is 61.3 Å². The lowest BCUT2D eigenvalue weighted by Gasteiger charge is -2.29. The van der Waals surface area contributed by atoms with E-state index in [1.807, 2.05) is 0 Å². The van der Waals surface area contributed by atoms with Crippen molar-refractivity contribution in [2.24, 2.45) is 5.92 Å². The fourth-order valence-corrected chi connectivity index (χ4v) is 3.13. The van der Waals surface area contributed by atoms with Crippen molar-refractivity contribution in [3.05, 3.63) is 30.1 Å². The van der Waals surface area contributed by atoms with Gasteiger partial charge in [0.05, 0.1) is 11.3 Å². The first-order chi connectivity index (χ1) is 11.6. The van der Waals surface area contributed by atoms with Gasteiger partial charge in [-0.1, -0.05) is 0 Å². The molecular formula is C16H22N6O2. The van der Waals surface area contributed by atoms with Crippen molar-refractivity contribution in [3.63, 3.8) is 0 Å². The normalized spacial score (nSPS) is 18.5. The van der Waals surface area contributed by atoms with E-state index in [0.717, 1.165) is 19.5 Å². The van der Waals surface area contributed by atoms with E-state index in [9.17, 15) is 9.90 Å². The Morgan fingerprint density at radius 3 is 3.04 bits per heavy atom. The minimum Gasteiger partial charge on any atom is -0.507 e. The largest absolute Gasteiger partial charge is 0.507 e. The molecule has 1 saturated heterocycles. The molecule has 24 heavy (non-hydrogen) atoms. The molecular weight excluding hydrogens is 308 g/mol. The summed E-state index contributed by atoms with van der Waals surface area (Å²) >= 11 is 0. The van der Waals surface area contributed by atoms with Crippen molar-refractivity contribution in [2.75, 3.05) is 26.7 Å². The van der Waals surface area contributed by atoms with Crippen LogP contribution in [0.2, 0.25) is 0 Å². The van der Waals surface area contributed by atoms with E-state index in [1.165, 1.54) is 29.9 Å². The van der Waals surface area contributed by atoms with Gasteiger partial charge in [-0.15, -0.1) is 5.10 Å². The third-order valence-corrected chi connectivity index (χ3v) is 4.40. The second-order valence-corrected chi connectivity index (χ2v) is 6.27. The quantitative estimate of drug-likeness (QED) is 0.843. The van der Waals surface area contributed by atoms with Gasteiger partial charge in [0.25, 0.3) is 5.91 Å². The molecule has 1 aliphatic heterocycles. The topological polar surface area (TPSA) is 96.2 Å². The molecule has 0 saturated carbocycles. The zero-order chi connectivity index (χ0) is 16.9. The Morgan fingerprint density at radius 2 is 2.33 bits per heavy atom. The molecule has 1 atom stereocenters. The van der Waals surface area contributed by atoms with Crippen molar-refractivity contribution in [1.29, 1.82) is 0 Å². The molecule has 3 rings (SSSR count). The number of nitrogens with zero attached hydrogens (tertiary/aromatic N) is 5. The van der Waals surface area contributed by atoms with Gasteiger partial charge in [-0.2, -0.15) is 0 Å². The Labute approximate surface area is 140 Å². The molecule has 2 N–H and O–H groups in total. The average Bonchev–Trinajstić information content (AvgIpc) is 3.09. The maximum absolute atomic E-state index is 12.2. The third kappa shape index (κ3) is 3.88. The van der Waals surface area contributed by atoms with E-state index >= 15 is 0 Å². The fraction of sp³-hybridized carbons (Fsp3) is 0.500. The molecule has 8 nitrogen and oxygen atoms in total. The molecule has 8 heteroatoms. The number of piperidine rings is 1. The van der Waals surface area contributed by atoms with Crippen LogP contribution in [0.25, 0.3) is 5.69 Å². The highest BCUT2D eigenvalue weighted by Crippen LogP contribution is 2.21. The van der Waals surface area contributed by atoms with E-state index < -0.39 is 0 Å². The molecule has 0 radical (unpaired) electrons. The summed E-state index contributed by atoms with van der Waals surface area (Å²) in [6.07, 6.45) is 4.82. The maximum Gasteiger partial charge on any atom is 0.255 e. The molecule has 128 valence electrons. The van der Waals surface area contributed by atoms with Crippen LogP contribution in [-0.2, 0) is 0 Å². The van der Waals surface area contributed by atoms with Gasteiger partial charge < -0.3 is 15.3 Å². The molecule has 1 fully saturated rings. The summed E-state index contributed by atoms with van der Waals surface area (Å²) in [5, 5.41) is 23.8. The Bertz CT molecular complexity index is 688. The van der Waals surface area contributed by atoms with E-state index in [4.69, 9.17) is 0 Å². The number of likely N-dealkylation sites (tertiary alicyclic amines) is 1. The smallest absolute Gasteiger partial charge is 0.255 e. The number of aromatic hydroxyl groups is 1. The number of tetrazole rings is 1.